The molecule has 3 N–H and O–H groups in total. The monoisotopic (exact) mass is 270 g/mol. The smallest absolute Gasteiger partial charge is 0.272 e. The number of nitrogen functional groups attached to an aromatic ring is 1. The lowest BCUT2D eigenvalue weighted by Gasteiger charge is -2.33. The van der Waals surface area contributed by atoms with Gasteiger partial charge in [-0.3, -0.25) is 9.89 Å². The SMILES string of the molecule is CN(C(=O)c1cc(N)n[nH]1)C1CCCc2ccccc21. The Kier molecular flexibility index (Phi) is 3.18. The highest BCUT2D eigenvalue weighted by Gasteiger charge is 2.27. The Hall–Kier alpha value is -2.30. The number of aryl methyl sites for hydroxylation is 1. The van der Waals surface area contributed by atoms with Gasteiger partial charge in [0.2, 0.25) is 0 Å². The van der Waals surface area contributed by atoms with E-state index in [4.69, 9.17) is 5.73 Å². The van der Waals surface area contributed by atoms with Crippen molar-refractivity contribution in [3.05, 3.63) is 47.2 Å². The molecule has 2 aromatic rings. The maximum Gasteiger partial charge on any atom is 0.272 e. The molecule has 1 aliphatic rings. The van der Waals surface area contributed by atoms with E-state index in [9.17, 15) is 4.79 Å². The number of hydrogen-bond donors (Lipinski definition) is 2. The fourth-order valence-electron chi connectivity index (χ4n) is 2.91. The predicted molar refractivity (Wildman–Crippen MR) is 77.2 cm³/mol. The van der Waals surface area contributed by atoms with Gasteiger partial charge in [0.1, 0.15) is 11.5 Å². The zero-order chi connectivity index (χ0) is 14.1. The van der Waals surface area contributed by atoms with Crippen molar-refractivity contribution >= 4 is 11.7 Å². The van der Waals surface area contributed by atoms with Gasteiger partial charge in [0.05, 0.1) is 6.04 Å². The van der Waals surface area contributed by atoms with Crippen LogP contribution in [0.5, 0.6) is 0 Å². The topological polar surface area (TPSA) is 75.0 Å². The van der Waals surface area contributed by atoms with Crippen molar-refractivity contribution in [2.24, 2.45) is 0 Å². The summed E-state index contributed by atoms with van der Waals surface area (Å²) in [6.07, 6.45) is 3.18. The van der Waals surface area contributed by atoms with Gasteiger partial charge in [-0.1, -0.05) is 24.3 Å². The molecule has 0 saturated carbocycles. The minimum Gasteiger partial charge on any atom is -0.382 e. The Labute approximate surface area is 117 Å². The Bertz CT molecular complexity index is 634. The van der Waals surface area contributed by atoms with Crippen LogP contribution in [-0.4, -0.2) is 28.1 Å². The summed E-state index contributed by atoms with van der Waals surface area (Å²) in [7, 11) is 1.84. The third-order valence-corrected chi connectivity index (χ3v) is 3.95. The third-order valence-electron chi connectivity index (χ3n) is 3.95. The molecule has 1 aliphatic carbocycles. The standard InChI is InChI=1S/C15H18N4O/c1-19(15(20)12-9-14(16)18-17-12)13-8-4-6-10-5-2-3-7-11(10)13/h2-3,5,7,9,13H,4,6,8H2,1H3,(H3,16,17,18). The molecule has 1 heterocycles. The van der Waals surface area contributed by atoms with E-state index in [0.29, 0.717) is 11.5 Å². The largest absolute Gasteiger partial charge is 0.382 e. The Morgan fingerprint density at radius 2 is 2.25 bits per heavy atom. The van der Waals surface area contributed by atoms with E-state index in [2.05, 4.69) is 28.4 Å². The number of anilines is 1. The zero-order valence-electron chi connectivity index (χ0n) is 11.5. The van der Waals surface area contributed by atoms with Gasteiger partial charge in [0, 0.05) is 13.1 Å². The lowest BCUT2D eigenvalue weighted by atomic mass is 9.87. The van der Waals surface area contributed by atoms with Crippen molar-refractivity contribution in [2.45, 2.75) is 25.3 Å². The minimum absolute atomic E-state index is 0.0732. The molecule has 0 saturated heterocycles. The van der Waals surface area contributed by atoms with Crippen LogP contribution in [0.25, 0.3) is 0 Å². The van der Waals surface area contributed by atoms with Crippen LogP contribution in [0.3, 0.4) is 0 Å². The lowest BCUT2D eigenvalue weighted by Crippen LogP contribution is -2.33. The molecule has 3 rings (SSSR count). The number of carbonyl (C=O) groups excluding carboxylic acids is 1. The molecule has 1 unspecified atom stereocenters. The van der Waals surface area contributed by atoms with Gasteiger partial charge in [-0.2, -0.15) is 5.10 Å². The summed E-state index contributed by atoms with van der Waals surface area (Å²) >= 11 is 0. The summed E-state index contributed by atoms with van der Waals surface area (Å²) in [5, 5.41) is 6.50. The summed E-state index contributed by atoms with van der Waals surface area (Å²) in [6, 6.07) is 10.0. The number of rotatable bonds is 2. The van der Waals surface area contributed by atoms with E-state index < -0.39 is 0 Å². The molecule has 0 aliphatic heterocycles. The minimum atomic E-state index is -0.0732. The van der Waals surface area contributed by atoms with E-state index in [0.717, 1.165) is 19.3 Å². The molecule has 0 fully saturated rings. The van der Waals surface area contributed by atoms with Gasteiger partial charge in [0.15, 0.2) is 0 Å². The van der Waals surface area contributed by atoms with Crippen molar-refractivity contribution in [1.82, 2.24) is 15.1 Å². The van der Waals surface area contributed by atoms with Crippen LogP contribution < -0.4 is 5.73 Å². The fraction of sp³-hybridized carbons (Fsp3) is 0.333. The van der Waals surface area contributed by atoms with Crippen molar-refractivity contribution in [3.63, 3.8) is 0 Å². The number of fused-ring (bicyclic) bond motifs is 1. The molecule has 1 atom stereocenters. The van der Waals surface area contributed by atoms with Gasteiger partial charge in [0.25, 0.3) is 5.91 Å². The Morgan fingerprint density at radius 1 is 1.45 bits per heavy atom. The van der Waals surface area contributed by atoms with Crippen molar-refractivity contribution in [1.29, 1.82) is 0 Å². The van der Waals surface area contributed by atoms with E-state index >= 15 is 0 Å². The summed E-state index contributed by atoms with van der Waals surface area (Å²) in [5.74, 6) is 0.265. The first-order valence-corrected chi connectivity index (χ1v) is 6.82. The quantitative estimate of drug-likeness (QED) is 0.878. The molecule has 104 valence electrons. The van der Waals surface area contributed by atoms with Crippen LogP contribution in [0.15, 0.2) is 30.3 Å². The van der Waals surface area contributed by atoms with Crippen LogP contribution in [0, 0.1) is 0 Å². The van der Waals surface area contributed by atoms with Gasteiger partial charge >= 0.3 is 0 Å². The molecule has 0 bridgehead atoms. The molecular weight excluding hydrogens is 252 g/mol. The number of nitrogens with two attached hydrogens (primary N) is 1. The molecule has 20 heavy (non-hydrogen) atoms. The Morgan fingerprint density at radius 3 is 3.00 bits per heavy atom. The second-order valence-corrected chi connectivity index (χ2v) is 5.23. The summed E-state index contributed by atoms with van der Waals surface area (Å²) in [4.78, 5) is 14.2. The zero-order valence-corrected chi connectivity index (χ0v) is 11.5. The molecule has 5 nitrogen and oxygen atoms in total. The maximum atomic E-state index is 12.5. The van der Waals surface area contributed by atoms with Crippen LogP contribution in [0.1, 0.15) is 40.5 Å². The van der Waals surface area contributed by atoms with Gasteiger partial charge < -0.3 is 10.6 Å². The van der Waals surface area contributed by atoms with Gasteiger partial charge in [-0.05, 0) is 30.4 Å². The van der Waals surface area contributed by atoms with E-state index in [1.54, 1.807) is 11.0 Å². The van der Waals surface area contributed by atoms with Crippen LogP contribution in [0.4, 0.5) is 5.82 Å². The summed E-state index contributed by atoms with van der Waals surface area (Å²) < 4.78 is 0. The number of nitrogens with zero attached hydrogens (tertiary/aromatic N) is 2. The average Bonchev–Trinajstić information content (AvgIpc) is 2.91. The number of amides is 1. The van der Waals surface area contributed by atoms with E-state index in [1.165, 1.54) is 11.1 Å². The number of carbonyl (C=O) groups is 1. The Balaban J connectivity index is 1.88. The van der Waals surface area contributed by atoms with Crippen LogP contribution >= 0.6 is 0 Å². The molecule has 0 radical (unpaired) electrons. The highest BCUT2D eigenvalue weighted by Crippen LogP contribution is 2.33. The number of H-pyrrole nitrogens is 1. The van der Waals surface area contributed by atoms with E-state index in [1.807, 2.05) is 13.1 Å². The molecule has 1 aromatic carbocycles. The molecule has 0 spiro atoms. The second-order valence-electron chi connectivity index (χ2n) is 5.23. The molecule has 1 aromatic heterocycles. The summed E-state index contributed by atoms with van der Waals surface area (Å²) in [6.45, 7) is 0. The van der Waals surface area contributed by atoms with Crippen LogP contribution in [-0.2, 0) is 6.42 Å². The van der Waals surface area contributed by atoms with E-state index in [-0.39, 0.29) is 11.9 Å². The fourth-order valence-corrected chi connectivity index (χ4v) is 2.91. The van der Waals surface area contributed by atoms with Crippen molar-refractivity contribution in [2.75, 3.05) is 12.8 Å². The summed E-state index contributed by atoms with van der Waals surface area (Å²) in [5.41, 5.74) is 8.59. The highest BCUT2D eigenvalue weighted by molar-refractivity contribution is 5.93. The lowest BCUT2D eigenvalue weighted by molar-refractivity contribution is 0.0709. The molecule has 1 amide bonds. The first-order valence-electron chi connectivity index (χ1n) is 6.82. The molecule has 5 heteroatoms. The number of aromatic nitrogens is 2. The number of nitrogens with one attached hydrogen (secondary N) is 1. The average molecular weight is 270 g/mol. The first kappa shape index (κ1) is 12.7. The first-order chi connectivity index (χ1) is 9.66. The normalized spacial score (nSPS) is 17.6. The number of aromatic amines is 1. The second kappa shape index (κ2) is 5.00. The van der Waals surface area contributed by atoms with Gasteiger partial charge in [-0.15, -0.1) is 0 Å². The van der Waals surface area contributed by atoms with Crippen LogP contribution in [0.2, 0.25) is 0 Å². The number of benzene rings is 1. The molecular formula is C15H18N4O. The van der Waals surface area contributed by atoms with Gasteiger partial charge in [-0.25, -0.2) is 0 Å². The maximum absolute atomic E-state index is 12.5. The third kappa shape index (κ3) is 2.15. The number of hydrogen-bond acceptors (Lipinski definition) is 3. The van der Waals surface area contributed by atoms with Crippen molar-refractivity contribution < 1.29 is 4.79 Å². The van der Waals surface area contributed by atoms with Crippen molar-refractivity contribution in [3.8, 4) is 0 Å². The highest BCUT2D eigenvalue weighted by atomic mass is 16.2. The predicted octanol–water partition coefficient (Wildman–Crippen LogP) is 2.14.